The van der Waals surface area contributed by atoms with Crippen LogP contribution in [0.2, 0.25) is 0 Å². The topological polar surface area (TPSA) is 103 Å². The molecule has 29 heavy (non-hydrogen) atoms. The quantitative estimate of drug-likeness (QED) is 0.823. The van der Waals surface area contributed by atoms with Crippen LogP contribution in [0.5, 0.6) is 5.75 Å². The standard InChI is InChI=1S/C20H24N4O5/c1-20(2,3)29-18(25)22-11-13-12-24(19(26)28-13)17-21-10-9-15(23-17)14-7-5-6-8-16(14)27-4/h5-10,13H,11-12H2,1-4H3,(H,22,25). The first-order valence-corrected chi connectivity index (χ1v) is 9.18. The Morgan fingerprint density at radius 2 is 2.07 bits per heavy atom. The Kier molecular flexibility index (Phi) is 5.86. The van der Waals surface area contributed by atoms with E-state index in [-0.39, 0.29) is 19.0 Å². The van der Waals surface area contributed by atoms with Crippen molar-refractivity contribution >= 4 is 18.1 Å². The molecule has 2 amide bonds. The van der Waals surface area contributed by atoms with E-state index < -0.39 is 23.9 Å². The van der Waals surface area contributed by atoms with Crippen LogP contribution in [-0.2, 0) is 9.47 Å². The molecule has 1 atom stereocenters. The third-order valence-corrected chi connectivity index (χ3v) is 4.01. The molecule has 0 radical (unpaired) electrons. The average Bonchev–Trinajstić information content (AvgIpc) is 3.06. The van der Waals surface area contributed by atoms with Gasteiger partial charge in [0.25, 0.3) is 0 Å². The monoisotopic (exact) mass is 400 g/mol. The van der Waals surface area contributed by atoms with Crippen molar-refractivity contribution in [3.05, 3.63) is 36.5 Å². The van der Waals surface area contributed by atoms with E-state index in [0.29, 0.717) is 11.4 Å². The van der Waals surface area contributed by atoms with Crippen LogP contribution < -0.4 is 15.0 Å². The van der Waals surface area contributed by atoms with Crippen LogP contribution in [0.1, 0.15) is 20.8 Å². The maximum absolute atomic E-state index is 12.3. The Labute approximate surface area is 169 Å². The summed E-state index contributed by atoms with van der Waals surface area (Å²) in [6, 6.07) is 9.19. The number of para-hydroxylation sites is 1. The van der Waals surface area contributed by atoms with Crippen molar-refractivity contribution in [2.75, 3.05) is 25.1 Å². The van der Waals surface area contributed by atoms with E-state index in [9.17, 15) is 9.59 Å². The first-order valence-electron chi connectivity index (χ1n) is 9.18. The molecule has 3 rings (SSSR count). The minimum atomic E-state index is -0.602. The minimum Gasteiger partial charge on any atom is -0.496 e. The van der Waals surface area contributed by atoms with Gasteiger partial charge in [0, 0.05) is 11.8 Å². The largest absolute Gasteiger partial charge is 0.496 e. The van der Waals surface area contributed by atoms with E-state index in [1.807, 2.05) is 24.3 Å². The van der Waals surface area contributed by atoms with Gasteiger partial charge in [-0.05, 0) is 39.0 Å². The maximum atomic E-state index is 12.3. The van der Waals surface area contributed by atoms with Crippen LogP contribution in [0, 0.1) is 0 Å². The highest BCUT2D eigenvalue weighted by Crippen LogP contribution is 2.29. The van der Waals surface area contributed by atoms with Gasteiger partial charge in [0.2, 0.25) is 5.95 Å². The zero-order valence-electron chi connectivity index (χ0n) is 16.8. The highest BCUT2D eigenvalue weighted by atomic mass is 16.6. The molecule has 2 heterocycles. The first-order chi connectivity index (χ1) is 13.8. The lowest BCUT2D eigenvalue weighted by molar-refractivity contribution is 0.0496. The fourth-order valence-electron chi connectivity index (χ4n) is 2.79. The number of aromatic nitrogens is 2. The van der Waals surface area contributed by atoms with Gasteiger partial charge in [0.1, 0.15) is 17.5 Å². The number of nitrogens with zero attached hydrogens (tertiary/aromatic N) is 3. The van der Waals surface area contributed by atoms with E-state index in [0.717, 1.165) is 5.56 Å². The van der Waals surface area contributed by atoms with Gasteiger partial charge in [-0.15, -0.1) is 0 Å². The molecule has 1 aromatic carbocycles. The Morgan fingerprint density at radius 1 is 1.31 bits per heavy atom. The second kappa shape index (κ2) is 8.34. The normalized spacial score (nSPS) is 16.3. The van der Waals surface area contributed by atoms with Gasteiger partial charge < -0.3 is 19.5 Å². The van der Waals surface area contributed by atoms with Crippen LogP contribution in [0.4, 0.5) is 15.5 Å². The fourth-order valence-corrected chi connectivity index (χ4v) is 2.79. The summed E-state index contributed by atoms with van der Waals surface area (Å²) >= 11 is 0. The Bertz CT molecular complexity index is 896. The molecule has 154 valence electrons. The van der Waals surface area contributed by atoms with Gasteiger partial charge in [0.05, 0.1) is 25.9 Å². The summed E-state index contributed by atoms with van der Waals surface area (Å²) in [7, 11) is 1.58. The van der Waals surface area contributed by atoms with Gasteiger partial charge in [-0.25, -0.2) is 24.5 Å². The Hall–Kier alpha value is -3.36. The zero-order valence-corrected chi connectivity index (χ0v) is 16.8. The third-order valence-electron chi connectivity index (χ3n) is 4.01. The lowest BCUT2D eigenvalue weighted by Crippen LogP contribution is -2.38. The van der Waals surface area contributed by atoms with E-state index in [1.54, 1.807) is 40.1 Å². The highest BCUT2D eigenvalue weighted by molar-refractivity contribution is 5.88. The predicted molar refractivity (Wildman–Crippen MR) is 106 cm³/mol. The number of benzene rings is 1. The van der Waals surface area contributed by atoms with Crippen LogP contribution in [0.15, 0.2) is 36.5 Å². The van der Waals surface area contributed by atoms with Gasteiger partial charge >= 0.3 is 12.2 Å². The molecule has 2 aromatic rings. The Balaban J connectivity index is 1.69. The second-order valence-corrected chi connectivity index (χ2v) is 7.44. The van der Waals surface area contributed by atoms with Gasteiger partial charge in [-0.2, -0.15) is 0 Å². The number of rotatable bonds is 5. The molecule has 1 aliphatic rings. The van der Waals surface area contributed by atoms with Crippen molar-refractivity contribution in [3.8, 4) is 17.0 Å². The number of hydrogen-bond donors (Lipinski definition) is 1. The SMILES string of the molecule is COc1ccccc1-c1ccnc(N2CC(CNC(=O)OC(C)(C)C)OC2=O)n1. The van der Waals surface area contributed by atoms with E-state index in [4.69, 9.17) is 14.2 Å². The highest BCUT2D eigenvalue weighted by Gasteiger charge is 2.34. The van der Waals surface area contributed by atoms with Crippen molar-refractivity contribution in [2.24, 2.45) is 0 Å². The van der Waals surface area contributed by atoms with Crippen LogP contribution in [0.25, 0.3) is 11.3 Å². The molecule has 0 bridgehead atoms. The van der Waals surface area contributed by atoms with Crippen LogP contribution in [-0.4, -0.2) is 54.1 Å². The maximum Gasteiger partial charge on any atom is 0.417 e. The molecule has 9 heteroatoms. The van der Waals surface area contributed by atoms with Crippen molar-refractivity contribution in [1.29, 1.82) is 0 Å². The van der Waals surface area contributed by atoms with Crippen molar-refractivity contribution in [1.82, 2.24) is 15.3 Å². The lowest BCUT2D eigenvalue weighted by Gasteiger charge is -2.20. The van der Waals surface area contributed by atoms with Gasteiger partial charge in [0.15, 0.2) is 0 Å². The number of carbonyl (C=O) groups excluding carboxylic acids is 2. The average molecular weight is 400 g/mol. The smallest absolute Gasteiger partial charge is 0.417 e. The number of alkyl carbamates (subject to hydrolysis) is 1. The molecule has 1 N–H and O–H groups in total. The summed E-state index contributed by atoms with van der Waals surface area (Å²) in [6.45, 7) is 5.66. The molecule has 0 spiro atoms. The van der Waals surface area contributed by atoms with E-state index in [1.165, 1.54) is 4.90 Å². The summed E-state index contributed by atoms with van der Waals surface area (Å²) < 4.78 is 15.9. The fraction of sp³-hybridized carbons (Fsp3) is 0.400. The number of amides is 2. The zero-order chi connectivity index (χ0) is 21.0. The predicted octanol–water partition coefficient (Wildman–Crippen LogP) is 3.00. The molecule has 1 aliphatic heterocycles. The van der Waals surface area contributed by atoms with Crippen molar-refractivity contribution in [3.63, 3.8) is 0 Å². The molecular weight excluding hydrogens is 376 g/mol. The summed E-state index contributed by atoms with van der Waals surface area (Å²) in [4.78, 5) is 34.1. The molecule has 0 aliphatic carbocycles. The first kappa shape index (κ1) is 20.4. The molecule has 9 nitrogen and oxygen atoms in total. The molecule has 0 saturated carbocycles. The summed E-state index contributed by atoms with van der Waals surface area (Å²) in [5.74, 6) is 0.888. The van der Waals surface area contributed by atoms with Gasteiger partial charge in [-0.1, -0.05) is 12.1 Å². The van der Waals surface area contributed by atoms with Crippen molar-refractivity contribution < 1.29 is 23.8 Å². The summed E-state index contributed by atoms with van der Waals surface area (Å²) in [6.07, 6.45) is -0.1000. The number of methoxy groups -OCH3 is 1. The molecular formula is C20H24N4O5. The second-order valence-electron chi connectivity index (χ2n) is 7.44. The number of nitrogens with one attached hydrogen (secondary N) is 1. The Morgan fingerprint density at radius 3 is 2.79 bits per heavy atom. The van der Waals surface area contributed by atoms with Gasteiger partial charge in [-0.3, -0.25) is 0 Å². The number of cyclic esters (lactones) is 1. The number of ether oxygens (including phenoxy) is 3. The molecule has 1 saturated heterocycles. The van der Waals surface area contributed by atoms with Crippen molar-refractivity contribution in [2.45, 2.75) is 32.5 Å². The number of carbonyl (C=O) groups is 2. The third kappa shape index (κ3) is 5.13. The number of anilines is 1. The summed E-state index contributed by atoms with van der Waals surface area (Å²) in [5, 5.41) is 2.60. The summed E-state index contributed by atoms with van der Waals surface area (Å²) in [5.41, 5.74) is 0.805. The van der Waals surface area contributed by atoms with E-state index >= 15 is 0 Å². The van der Waals surface area contributed by atoms with Crippen LogP contribution >= 0.6 is 0 Å². The number of hydrogen-bond acceptors (Lipinski definition) is 7. The molecule has 1 fully saturated rings. The molecule has 1 unspecified atom stereocenters. The molecule has 1 aromatic heterocycles. The minimum absolute atomic E-state index is 0.128. The van der Waals surface area contributed by atoms with Crippen LogP contribution in [0.3, 0.4) is 0 Å². The lowest BCUT2D eigenvalue weighted by atomic mass is 10.1. The van der Waals surface area contributed by atoms with E-state index in [2.05, 4.69) is 15.3 Å².